The van der Waals surface area contributed by atoms with Gasteiger partial charge in [0.05, 0.1) is 16.8 Å². The second kappa shape index (κ2) is 8.61. The Bertz CT molecular complexity index is 1300. The summed E-state index contributed by atoms with van der Waals surface area (Å²) in [6.45, 7) is 0. The maximum atomic E-state index is 12.8. The molecule has 0 fully saturated rings. The highest BCUT2D eigenvalue weighted by atomic mass is 32.2. The van der Waals surface area contributed by atoms with Gasteiger partial charge in [-0.2, -0.15) is 20.9 Å². The van der Waals surface area contributed by atoms with Gasteiger partial charge in [0.15, 0.2) is 5.57 Å². The fourth-order valence-corrected chi connectivity index (χ4v) is 3.54. The Hall–Kier alpha value is -4.59. The molecule has 0 saturated carbocycles. The first kappa shape index (κ1) is 20.2. The standard InChI is InChI=1S/C20H13N7O2S/c21-12-15(13-22)19(14-23)25-16-6-8-18(9-7-16)30(28,29)26-20-10-11-24-27(20)17-4-2-1-3-5-17/h1-11,25-26H. The van der Waals surface area contributed by atoms with Gasteiger partial charge >= 0.3 is 0 Å². The average Bonchev–Trinajstić information content (AvgIpc) is 3.22. The molecule has 0 aliphatic carbocycles. The van der Waals surface area contributed by atoms with Crippen molar-refractivity contribution < 1.29 is 8.42 Å². The molecule has 0 aliphatic heterocycles. The Labute approximate surface area is 172 Å². The van der Waals surface area contributed by atoms with Crippen LogP contribution in [0.1, 0.15) is 0 Å². The summed E-state index contributed by atoms with van der Waals surface area (Å²) in [5.41, 5.74) is 0.453. The second-order valence-electron chi connectivity index (χ2n) is 5.80. The quantitative estimate of drug-likeness (QED) is 0.588. The van der Waals surface area contributed by atoms with Crippen LogP contribution >= 0.6 is 0 Å². The molecule has 146 valence electrons. The first-order valence-corrected chi connectivity index (χ1v) is 9.91. The lowest BCUT2D eigenvalue weighted by atomic mass is 10.2. The third kappa shape index (κ3) is 4.28. The van der Waals surface area contributed by atoms with Crippen LogP contribution in [0.5, 0.6) is 0 Å². The lowest BCUT2D eigenvalue weighted by Crippen LogP contribution is -2.16. The molecular formula is C20H13N7O2S. The van der Waals surface area contributed by atoms with Crippen molar-refractivity contribution in [1.29, 1.82) is 15.8 Å². The zero-order valence-electron chi connectivity index (χ0n) is 15.3. The first-order chi connectivity index (χ1) is 14.5. The lowest BCUT2D eigenvalue weighted by Gasteiger charge is -2.11. The van der Waals surface area contributed by atoms with E-state index in [1.807, 2.05) is 18.2 Å². The number of sulfonamides is 1. The molecule has 0 aliphatic rings. The van der Waals surface area contributed by atoms with Crippen molar-refractivity contribution in [2.24, 2.45) is 0 Å². The summed E-state index contributed by atoms with van der Waals surface area (Å²) in [7, 11) is -3.91. The smallest absolute Gasteiger partial charge is 0.263 e. The Morgan fingerprint density at radius 1 is 0.900 bits per heavy atom. The highest BCUT2D eigenvalue weighted by Gasteiger charge is 2.17. The maximum absolute atomic E-state index is 12.8. The normalized spacial score (nSPS) is 10.2. The van der Waals surface area contributed by atoms with E-state index in [2.05, 4.69) is 15.1 Å². The van der Waals surface area contributed by atoms with E-state index >= 15 is 0 Å². The number of hydrogen-bond donors (Lipinski definition) is 2. The molecule has 0 amide bonds. The molecule has 10 heteroatoms. The Balaban J connectivity index is 1.83. The molecule has 1 aromatic heterocycles. The summed E-state index contributed by atoms with van der Waals surface area (Å²) in [4.78, 5) is -0.0165. The summed E-state index contributed by atoms with van der Waals surface area (Å²) in [5, 5.41) is 33.6. The molecule has 1 heterocycles. The highest BCUT2D eigenvalue weighted by Crippen LogP contribution is 2.21. The van der Waals surface area contributed by atoms with Crippen LogP contribution in [0.15, 0.2) is 83.0 Å². The van der Waals surface area contributed by atoms with E-state index < -0.39 is 10.0 Å². The van der Waals surface area contributed by atoms with Gasteiger partial charge in [0, 0.05) is 11.8 Å². The average molecular weight is 415 g/mol. The van der Waals surface area contributed by atoms with Gasteiger partial charge in [-0.05, 0) is 36.4 Å². The minimum Gasteiger partial charge on any atom is -0.345 e. The summed E-state index contributed by atoms with van der Waals surface area (Å²) < 4.78 is 29.5. The van der Waals surface area contributed by atoms with E-state index in [1.54, 1.807) is 30.3 Å². The zero-order valence-corrected chi connectivity index (χ0v) is 16.1. The molecule has 3 aromatic rings. The van der Waals surface area contributed by atoms with E-state index in [-0.39, 0.29) is 22.0 Å². The SMILES string of the molecule is N#CC(C#N)=C(C#N)Nc1ccc(S(=O)(=O)Nc2ccnn2-c2ccccc2)cc1. The van der Waals surface area contributed by atoms with Crippen LogP contribution in [0, 0.1) is 34.0 Å². The summed E-state index contributed by atoms with van der Waals surface area (Å²) in [5.74, 6) is 0.269. The largest absolute Gasteiger partial charge is 0.345 e. The third-order valence-corrected chi connectivity index (χ3v) is 5.27. The number of aromatic nitrogens is 2. The van der Waals surface area contributed by atoms with Crippen LogP contribution in [-0.2, 0) is 10.0 Å². The number of benzene rings is 2. The second-order valence-corrected chi connectivity index (χ2v) is 7.49. The van der Waals surface area contributed by atoms with Gasteiger partial charge in [-0.1, -0.05) is 18.2 Å². The predicted octanol–water partition coefficient (Wildman–Crippen LogP) is 2.91. The Morgan fingerprint density at radius 3 is 2.17 bits per heavy atom. The minimum absolute atomic E-state index is 0.0165. The van der Waals surface area contributed by atoms with Crippen molar-refractivity contribution in [2.45, 2.75) is 4.90 Å². The fourth-order valence-electron chi connectivity index (χ4n) is 2.50. The van der Waals surface area contributed by atoms with Crippen LogP contribution in [0.3, 0.4) is 0 Å². The molecule has 30 heavy (non-hydrogen) atoms. The fraction of sp³-hybridized carbons (Fsp3) is 0. The molecule has 2 aromatic carbocycles. The highest BCUT2D eigenvalue weighted by molar-refractivity contribution is 7.92. The first-order valence-electron chi connectivity index (χ1n) is 8.42. The van der Waals surface area contributed by atoms with E-state index in [9.17, 15) is 8.42 Å². The van der Waals surface area contributed by atoms with E-state index in [4.69, 9.17) is 15.8 Å². The summed E-state index contributed by atoms with van der Waals surface area (Å²) >= 11 is 0. The Kier molecular flexibility index (Phi) is 5.79. The van der Waals surface area contributed by atoms with Gasteiger partial charge in [-0.15, -0.1) is 0 Å². The molecular weight excluding hydrogens is 402 g/mol. The zero-order chi connectivity index (χ0) is 21.6. The van der Waals surface area contributed by atoms with E-state index in [0.717, 1.165) is 0 Å². The van der Waals surface area contributed by atoms with Crippen molar-refractivity contribution >= 4 is 21.5 Å². The van der Waals surface area contributed by atoms with Crippen molar-refractivity contribution in [3.05, 3.63) is 78.1 Å². The number of rotatable bonds is 6. The van der Waals surface area contributed by atoms with Crippen LogP contribution in [0.25, 0.3) is 5.69 Å². The van der Waals surface area contributed by atoms with Gasteiger partial charge in [0.25, 0.3) is 10.0 Å². The molecule has 0 spiro atoms. The minimum atomic E-state index is -3.91. The molecule has 3 rings (SSSR count). The van der Waals surface area contributed by atoms with Crippen LogP contribution in [0.4, 0.5) is 11.5 Å². The maximum Gasteiger partial charge on any atom is 0.263 e. The van der Waals surface area contributed by atoms with Crippen molar-refractivity contribution in [3.63, 3.8) is 0 Å². The van der Waals surface area contributed by atoms with E-state index in [0.29, 0.717) is 11.4 Å². The van der Waals surface area contributed by atoms with Crippen molar-refractivity contribution in [1.82, 2.24) is 9.78 Å². The van der Waals surface area contributed by atoms with Crippen LogP contribution in [-0.4, -0.2) is 18.2 Å². The number of nitriles is 3. The van der Waals surface area contributed by atoms with Gasteiger partial charge in [0.1, 0.15) is 29.7 Å². The number of nitrogens with one attached hydrogen (secondary N) is 2. The molecule has 0 saturated heterocycles. The summed E-state index contributed by atoms with van der Waals surface area (Å²) in [6.07, 6.45) is 1.48. The number of para-hydroxylation sites is 1. The monoisotopic (exact) mass is 415 g/mol. The molecule has 0 unspecified atom stereocenters. The number of anilines is 2. The number of allylic oxidation sites excluding steroid dienone is 2. The molecule has 0 atom stereocenters. The number of nitrogens with zero attached hydrogens (tertiary/aromatic N) is 5. The van der Waals surface area contributed by atoms with Gasteiger partial charge in [-0.25, -0.2) is 13.1 Å². The van der Waals surface area contributed by atoms with Crippen LogP contribution in [0.2, 0.25) is 0 Å². The van der Waals surface area contributed by atoms with Crippen LogP contribution < -0.4 is 10.0 Å². The summed E-state index contributed by atoms with van der Waals surface area (Å²) in [6, 6.07) is 21.1. The van der Waals surface area contributed by atoms with Gasteiger partial charge < -0.3 is 5.32 Å². The topological polar surface area (TPSA) is 147 Å². The molecule has 0 bridgehead atoms. The third-order valence-electron chi connectivity index (χ3n) is 3.90. The van der Waals surface area contributed by atoms with Gasteiger partial charge in [0.2, 0.25) is 0 Å². The molecule has 2 N–H and O–H groups in total. The number of hydrogen-bond acceptors (Lipinski definition) is 7. The van der Waals surface area contributed by atoms with Gasteiger partial charge in [-0.3, -0.25) is 4.72 Å². The predicted molar refractivity (Wildman–Crippen MR) is 108 cm³/mol. The molecule has 9 nitrogen and oxygen atoms in total. The lowest BCUT2D eigenvalue weighted by molar-refractivity contribution is 0.600. The van der Waals surface area contributed by atoms with Crippen molar-refractivity contribution in [3.8, 4) is 23.9 Å². The van der Waals surface area contributed by atoms with E-state index in [1.165, 1.54) is 41.2 Å². The Morgan fingerprint density at radius 2 is 1.57 bits per heavy atom. The molecule has 0 radical (unpaired) electrons. The van der Waals surface area contributed by atoms with Crippen molar-refractivity contribution in [2.75, 3.05) is 10.0 Å².